The maximum atomic E-state index is 13.3. The van der Waals surface area contributed by atoms with E-state index in [0.29, 0.717) is 28.8 Å². The molecule has 0 unspecified atom stereocenters. The van der Waals surface area contributed by atoms with Gasteiger partial charge in [0.1, 0.15) is 11.5 Å². The van der Waals surface area contributed by atoms with Gasteiger partial charge in [0.15, 0.2) is 5.17 Å². The zero-order valence-corrected chi connectivity index (χ0v) is 15.5. The van der Waals surface area contributed by atoms with Gasteiger partial charge in [-0.1, -0.05) is 42.1 Å². The van der Waals surface area contributed by atoms with Crippen molar-refractivity contribution >= 4 is 40.5 Å². The number of anilines is 1. The number of benzene rings is 2. The van der Waals surface area contributed by atoms with E-state index in [9.17, 15) is 14.0 Å². The smallest absolute Gasteiger partial charge is 0.283 e. The molecule has 1 heterocycles. The van der Waals surface area contributed by atoms with Crippen molar-refractivity contribution in [1.29, 1.82) is 0 Å². The summed E-state index contributed by atoms with van der Waals surface area (Å²) < 4.78 is 13.3. The first-order valence-electron chi connectivity index (χ1n) is 8.37. The quantitative estimate of drug-likeness (QED) is 0.636. The maximum absolute atomic E-state index is 13.3. The number of carbonyl (C=O) groups is 2. The van der Waals surface area contributed by atoms with E-state index in [1.165, 1.54) is 35.7 Å². The molecule has 0 bridgehead atoms. The van der Waals surface area contributed by atoms with Crippen LogP contribution in [0.2, 0.25) is 0 Å². The van der Waals surface area contributed by atoms with Gasteiger partial charge in [-0.3, -0.25) is 14.5 Å². The van der Waals surface area contributed by atoms with Crippen LogP contribution in [0.1, 0.15) is 12.5 Å². The molecular weight excluding hydrogens is 365 g/mol. The van der Waals surface area contributed by atoms with Gasteiger partial charge in [-0.05, 0) is 35.9 Å². The topological polar surface area (TPSA) is 61.8 Å². The lowest BCUT2D eigenvalue weighted by Crippen LogP contribution is -2.31. The summed E-state index contributed by atoms with van der Waals surface area (Å²) in [6, 6.07) is 15.1. The molecule has 2 aromatic rings. The normalized spacial score (nSPS) is 15.2. The highest BCUT2D eigenvalue weighted by Crippen LogP contribution is 2.29. The van der Waals surface area contributed by atoms with Gasteiger partial charge in [0, 0.05) is 19.2 Å². The molecule has 7 heteroatoms. The minimum absolute atomic E-state index is 0.111. The SMILES string of the molecule is CC(=O)NCCSC1=N/C(=C\c2ccccc2)C(=O)N1c1ccc(F)cc1. The second-order valence-corrected chi connectivity index (χ2v) is 6.85. The lowest BCUT2D eigenvalue weighted by Gasteiger charge is -2.17. The van der Waals surface area contributed by atoms with E-state index in [4.69, 9.17) is 0 Å². The minimum Gasteiger partial charge on any atom is -0.356 e. The number of hydrogen-bond acceptors (Lipinski definition) is 4. The summed E-state index contributed by atoms with van der Waals surface area (Å²) in [4.78, 5) is 29.9. The first-order chi connectivity index (χ1) is 13.0. The fraction of sp³-hybridized carbons (Fsp3) is 0.150. The molecule has 0 spiro atoms. The van der Waals surface area contributed by atoms with Gasteiger partial charge in [0.05, 0.1) is 5.69 Å². The zero-order valence-electron chi connectivity index (χ0n) is 14.7. The van der Waals surface area contributed by atoms with E-state index < -0.39 is 0 Å². The lowest BCUT2D eigenvalue weighted by molar-refractivity contribution is -0.118. The summed E-state index contributed by atoms with van der Waals surface area (Å²) in [6.07, 6.45) is 1.72. The molecule has 2 aromatic carbocycles. The van der Waals surface area contributed by atoms with E-state index in [-0.39, 0.29) is 17.6 Å². The van der Waals surface area contributed by atoms with E-state index in [1.807, 2.05) is 30.3 Å². The summed E-state index contributed by atoms with van der Waals surface area (Å²) in [5.74, 6) is -0.197. The van der Waals surface area contributed by atoms with Gasteiger partial charge in [0.2, 0.25) is 5.91 Å². The highest BCUT2D eigenvalue weighted by atomic mass is 32.2. The molecule has 3 rings (SSSR count). The monoisotopic (exact) mass is 383 g/mol. The highest BCUT2D eigenvalue weighted by Gasteiger charge is 2.31. The molecular formula is C20H18FN3O2S. The fourth-order valence-electron chi connectivity index (χ4n) is 2.49. The van der Waals surface area contributed by atoms with Gasteiger partial charge in [-0.25, -0.2) is 9.38 Å². The zero-order chi connectivity index (χ0) is 19.2. The number of amidine groups is 1. The predicted octanol–water partition coefficient (Wildman–Crippen LogP) is 3.44. The molecule has 0 saturated heterocycles. The van der Waals surface area contributed by atoms with Crippen LogP contribution in [0.25, 0.3) is 6.08 Å². The Morgan fingerprint density at radius 3 is 2.56 bits per heavy atom. The van der Waals surface area contributed by atoms with E-state index in [0.717, 1.165) is 5.56 Å². The number of amides is 2. The van der Waals surface area contributed by atoms with Crippen molar-refractivity contribution in [2.45, 2.75) is 6.92 Å². The van der Waals surface area contributed by atoms with Crippen LogP contribution < -0.4 is 10.2 Å². The van der Waals surface area contributed by atoms with Crippen molar-refractivity contribution in [3.8, 4) is 0 Å². The third kappa shape index (κ3) is 4.83. The van der Waals surface area contributed by atoms with Gasteiger partial charge in [-0.2, -0.15) is 0 Å². The van der Waals surface area contributed by atoms with Crippen molar-refractivity contribution < 1.29 is 14.0 Å². The van der Waals surface area contributed by atoms with Crippen LogP contribution in [-0.2, 0) is 9.59 Å². The number of hydrogen-bond donors (Lipinski definition) is 1. The van der Waals surface area contributed by atoms with Gasteiger partial charge in [0.25, 0.3) is 5.91 Å². The Kier molecular flexibility index (Phi) is 6.03. The summed E-state index contributed by atoms with van der Waals surface area (Å²) in [7, 11) is 0. The summed E-state index contributed by atoms with van der Waals surface area (Å²) >= 11 is 1.36. The number of nitrogens with one attached hydrogen (secondary N) is 1. The van der Waals surface area contributed by atoms with Crippen LogP contribution in [0.5, 0.6) is 0 Å². The van der Waals surface area contributed by atoms with E-state index in [2.05, 4.69) is 10.3 Å². The van der Waals surface area contributed by atoms with Crippen LogP contribution in [0.4, 0.5) is 10.1 Å². The van der Waals surface area contributed by atoms with Crippen molar-refractivity contribution in [3.05, 3.63) is 71.7 Å². The van der Waals surface area contributed by atoms with Crippen molar-refractivity contribution in [2.75, 3.05) is 17.2 Å². The largest absolute Gasteiger partial charge is 0.356 e. The molecule has 0 radical (unpaired) electrons. The van der Waals surface area contributed by atoms with Crippen LogP contribution in [0.3, 0.4) is 0 Å². The third-order valence-electron chi connectivity index (χ3n) is 3.72. The summed E-state index contributed by atoms with van der Waals surface area (Å²) in [5.41, 5.74) is 1.73. The van der Waals surface area contributed by atoms with Crippen molar-refractivity contribution in [1.82, 2.24) is 5.32 Å². The Labute approximate surface area is 161 Å². The molecule has 27 heavy (non-hydrogen) atoms. The Hall–Kier alpha value is -2.93. The second kappa shape index (κ2) is 8.64. The average Bonchev–Trinajstić information content (AvgIpc) is 2.96. The Bertz CT molecular complexity index is 895. The minimum atomic E-state index is -0.373. The molecule has 0 atom stereocenters. The van der Waals surface area contributed by atoms with E-state index in [1.54, 1.807) is 18.2 Å². The highest BCUT2D eigenvalue weighted by molar-refractivity contribution is 8.14. The number of carbonyl (C=O) groups excluding carboxylic acids is 2. The number of rotatable bonds is 5. The Morgan fingerprint density at radius 1 is 1.19 bits per heavy atom. The average molecular weight is 383 g/mol. The Morgan fingerprint density at radius 2 is 1.89 bits per heavy atom. The molecule has 0 saturated carbocycles. The molecule has 2 amide bonds. The summed E-state index contributed by atoms with van der Waals surface area (Å²) in [6.45, 7) is 1.91. The van der Waals surface area contributed by atoms with Gasteiger partial charge in [-0.15, -0.1) is 0 Å². The Balaban J connectivity index is 1.86. The first kappa shape index (κ1) is 18.8. The lowest BCUT2D eigenvalue weighted by atomic mass is 10.2. The second-order valence-electron chi connectivity index (χ2n) is 5.78. The first-order valence-corrected chi connectivity index (χ1v) is 9.36. The molecule has 5 nitrogen and oxygen atoms in total. The molecule has 1 aliphatic rings. The fourth-order valence-corrected chi connectivity index (χ4v) is 3.35. The van der Waals surface area contributed by atoms with Crippen molar-refractivity contribution in [2.24, 2.45) is 4.99 Å². The third-order valence-corrected chi connectivity index (χ3v) is 4.66. The molecule has 0 aliphatic carbocycles. The van der Waals surface area contributed by atoms with Crippen LogP contribution in [0, 0.1) is 5.82 Å². The number of nitrogens with zero attached hydrogens (tertiary/aromatic N) is 2. The molecule has 0 fully saturated rings. The van der Waals surface area contributed by atoms with Crippen LogP contribution >= 0.6 is 11.8 Å². The molecule has 1 N–H and O–H groups in total. The summed E-state index contributed by atoms with van der Waals surface area (Å²) in [5, 5.41) is 3.21. The standard InChI is InChI=1S/C20H18FN3O2S/c1-14(25)22-11-12-27-20-23-18(13-15-5-3-2-4-6-15)19(26)24(20)17-9-7-16(21)8-10-17/h2-10,13H,11-12H2,1H3,(H,22,25)/b18-13-. The predicted molar refractivity (Wildman–Crippen MR) is 107 cm³/mol. The number of thioether (sulfide) groups is 1. The molecule has 1 aliphatic heterocycles. The van der Waals surface area contributed by atoms with E-state index >= 15 is 0 Å². The van der Waals surface area contributed by atoms with Crippen LogP contribution in [-0.4, -0.2) is 29.3 Å². The number of halogens is 1. The number of aliphatic imine (C=N–C) groups is 1. The molecule has 0 aromatic heterocycles. The van der Waals surface area contributed by atoms with Crippen LogP contribution in [0.15, 0.2) is 65.3 Å². The van der Waals surface area contributed by atoms with Crippen molar-refractivity contribution in [3.63, 3.8) is 0 Å². The van der Waals surface area contributed by atoms with Gasteiger partial charge < -0.3 is 5.32 Å². The maximum Gasteiger partial charge on any atom is 0.283 e. The van der Waals surface area contributed by atoms with Gasteiger partial charge >= 0.3 is 0 Å². The molecule has 138 valence electrons.